The molecule has 88 valence electrons. The molecule has 0 amide bonds. The van der Waals surface area contributed by atoms with Gasteiger partial charge < -0.3 is 10.6 Å². The Hall–Kier alpha value is -0.780. The molecule has 6 heteroatoms. The zero-order valence-electron chi connectivity index (χ0n) is 9.31. The number of sulfone groups is 1. The second kappa shape index (κ2) is 4.83. The highest BCUT2D eigenvalue weighted by molar-refractivity contribution is 7.91. The number of hydrogen-bond donors (Lipinski definition) is 1. The highest BCUT2D eigenvalue weighted by Gasteiger charge is 2.27. The van der Waals surface area contributed by atoms with Gasteiger partial charge in [0.25, 0.3) is 0 Å². The zero-order valence-corrected chi connectivity index (χ0v) is 10.1. The molecule has 1 rings (SSSR count). The van der Waals surface area contributed by atoms with Crippen molar-refractivity contribution < 1.29 is 8.42 Å². The van der Waals surface area contributed by atoms with Crippen LogP contribution in [0.15, 0.2) is 4.99 Å². The fourth-order valence-corrected chi connectivity index (χ4v) is 2.76. The summed E-state index contributed by atoms with van der Waals surface area (Å²) in [6, 6.07) is 0. The summed E-state index contributed by atoms with van der Waals surface area (Å²) in [5.41, 5.74) is 5.54. The molecule has 0 atom stereocenters. The zero-order chi connectivity index (χ0) is 11.5. The van der Waals surface area contributed by atoms with Crippen LogP contribution in [0.5, 0.6) is 0 Å². The SMILES string of the molecule is CN(C)C(N)=NCCS(=O)(=O)CC1CC1. The van der Waals surface area contributed by atoms with Gasteiger partial charge in [0.15, 0.2) is 15.8 Å². The van der Waals surface area contributed by atoms with Crippen molar-refractivity contribution in [2.75, 3.05) is 32.1 Å². The van der Waals surface area contributed by atoms with Crippen LogP contribution >= 0.6 is 0 Å². The molecule has 0 radical (unpaired) electrons. The van der Waals surface area contributed by atoms with Crippen molar-refractivity contribution in [3.63, 3.8) is 0 Å². The summed E-state index contributed by atoms with van der Waals surface area (Å²) in [6.07, 6.45) is 2.12. The van der Waals surface area contributed by atoms with E-state index in [1.807, 2.05) is 0 Å². The van der Waals surface area contributed by atoms with E-state index < -0.39 is 9.84 Å². The van der Waals surface area contributed by atoms with E-state index in [1.165, 1.54) is 0 Å². The highest BCUT2D eigenvalue weighted by Crippen LogP contribution is 2.30. The third-order valence-electron chi connectivity index (χ3n) is 2.32. The van der Waals surface area contributed by atoms with Crippen LogP contribution in [-0.4, -0.2) is 51.4 Å². The molecular weight excluding hydrogens is 214 g/mol. The topological polar surface area (TPSA) is 75.8 Å². The van der Waals surface area contributed by atoms with E-state index in [0.717, 1.165) is 12.8 Å². The quantitative estimate of drug-likeness (QED) is 0.522. The first-order valence-corrected chi connectivity index (χ1v) is 6.90. The van der Waals surface area contributed by atoms with Crippen molar-refractivity contribution in [1.82, 2.24) is 4.90 Å². The molecule has 15 heavy (non-hydrogen) atoms. The molecular formula is C9H19N3O2S. The van der Waals surface area contributed by atoms with Crippen molar-refractivity contribution in [2.45, 2.75) is 12.8 Å². The molecule has 1 saturated carbocycles. The summed E-state index contributed by atoms with van der Waals surface area (Å²) in [7, 11) is 0.630. The molecule has 5 nitrogen and oxygen atoms in total. The van der Waals surface area contributed by atoms with Crippen molar-refractivity contribution in [1.29, 1.82) is 0 Å². The molecule has 1 fully saturated rings. The van der Waals surface area contributed by atoms with E-state index in [2.05, 4.69) is 4.99 Å². The smallest absolute Gasteiger partial charge is 0.190 e. The third-order valence-corrected chi connectivity index (χ3v) is 4.10. The van der Waals surface area contributed by atoms with E-state index >= 15 is 0 Å². The molecule has 0 spiro atoms. The van der Waals surface area contributed by atoms with Crippen LogP contribution in [0.3, 0.4) is 0 Å². The molecule has 2 N–H and O–H groups in total. The molecule has 0 bridgehead atoms. The second-order valence-electron chi connectivity index (χ2n) is 4.19. The van der Waals surface area contributed by atoms with Gasteiger partial charge >= 0.3 is 0 Å². The lowest BCUT2D eigenvalue weighted by Gasteiger charge is -2.10. The van der Waals surface area contributed by atoms with Crippen LogP contribution in [0.2, 0.25) is 0 Å². The number of nitrogens with zero attached hydrogens (tertiary/aromatic N) is 2. The van der Waals surface area contributed by atoms with Crippen molar-refractivity contribution >= 4 is 15.8 Å². The summed E-state index contributed by atoms with van der Waals surface area (Å²) < 4.78 is 23.0. The Morgan fingerprint density at radius 3 is 2.53 bits per heavy atom. The van der Waals surface area contributed by atoms with Gasteiger partial charge in [-0.2, -0.15) is 0 Å². The standard InChI is InChI=1S/C9H19N3O2S/c1-12(2)9(10)11-5-6-15(13,14)7-8-3-4-8/h8H,3-7H2,1-2H3,(H2,10,11). The first kappa shape index (κ1) is 12.3. The Morgan fingerprint density at radius 1 is 1.47 bits per heavy atom. The Morgan fingerprint density at radius 2 is 2.07 bits per heavy atom. The fraction of sp³-hybridized carbons (Fsp3) is 0.889. The highest BCUT2D eigenvalue weighted by atomic mass is 32.2. The maximum Gasteiger partial charge on any atom is 0.190 e. The van der Waals surface area contributed by atoms with E-state index in [0.29, 0.717) is 17.6 Å². The largest absolute Gasteiger partial charge is 0.370 e. The molecule has 0 aromatic rings. The van der Waals surface area contributed by atoms with Gasteiger partial charge in [-0.25, -0.2) is 8.42 Å². The van der Waals surface area contributed by atoms with E-state index in [9.17, 15) is 8.42 Å². The first-order valence-electron chi connectivity index (χ1n) is 5.08. The molecule has 0 aromatic carbocycles. The monoisotopic (exact) mass is 233 g/mol. The maximum absolute atomic E-state index is 11.5. The summed E-state index contributed by atoms with van der Waals surface area (Å²) in [6.45, 7) is 0.263. The van der Waals surface area contributed by atoms with Crippen LogP contribution in [0.4, 0.5) is 0 Å². The Labute approximate surface area is 91.3 Å². The summed E-state index contributed by atoms with van der Waals surface area (Å²) in [5, 5.41) is 0. The number of guanidine groups is 1. The number of nitrogens with two attached hydrogens (primary N) is 1. The van der Waals surface area contributed by atoms with E-state index in [4.69, 9.17) is 5.73 Å². The lowest BCUT2D eigenvalue weighted by molar-refractivity contribution is 0.590. The summed E-state index contributed by atoms with van der Waals surface area (Å²) in [4.78, 5) is 5.64. The number of aliphatic imine (C=N–C) groups is 1. The van der Waals surface area contributed by atoms with Crippen LogP contribution in [-0.2, 0) is 9.84 Å². The van der Waals surface area contributed by atoms with Gasteiger partial charge in [-0.1, -0.05) is 0 Å². The third kappa shape index (κ3) is 5.01. The van der Waals surface area contributed by atoms with Crippen molar-refractivity contribution in [3.05, 3.63) is 0 Å². The average molecular weight is 233 g/mol. The lowest BCUT2D eigenvalue weighted by Crippen LogP contribution is -2.31. The molecule has 0 aliphatic heterocycles. The van der Waals surface area contributed by atoms with Crippen LogP contribution < -0.4 is 5.73 Å². The van der Waals surface area contributed by atoms with Gasteiger partial charge in [-0.15, -0.1) is 0 Å². The van der Waals surface area contributed by atoms with Crippen molar-refractivity contribution in [3.8, 4) is 0 Å². The van der Waals surface area contributed by atoms with Gasteiger partial charge in [-0.3, -0.25) is 4.99 Å². The second-order valence-corrected chi connectivity index (χ2v) is 6.42. The minimum Gasteiger partial charge on any atom is -0.370 e. The Bertz CT molecular complexity index is 331. The van der Waals surface area contributed by atoms with E-state index in [-0.39, 0.29) is 12.3 Å². The van der Waals surface area contributed by atoms with Crippen LogP contribution in [0.25, 0.3) is 0 Å². The minimum atomic E-state index is -2.92. The minimum absolute atomic E-state index is 0.109. The Kier molecular flexibility index (Phi) is 3.96. The molecule has 0 heterocycles. The summed E-state index contributed by atoms with van der Waals surface area (Å²) in [5.74, 6) is 1.21. The van der Waals surface area contributed by atoms with Crippen LogP contribution in [0, 0.1) is 5.92 Å². The van der Waals surface area contributed by atoms with Gasteiger partial charge in [0, 0.05) is 14.1 Å². The van der Waals surface area contributed by atoms with Crippen molar-refractivity contribution in [2.24, 2.45) is 16.6 Å². The maximum atomic E-state index is 11.5. The fourth-order valence-electron chi connectivity index (χ4n) is 1.17. The Balaban J connectivity index is 2.32. The van der Waals surface area contributed by atoms with Crippen LogP contribution in [0.1, 0.15) is 12.8 Å². The predicted molar refractivity (Wildman–Crippen MR) is 61.6 cm³/mol. The van der Waals surface area contributed by atoms with E-state index in [1.54, 1.807) is 19.0 Å². The average Bonchev–Trinajstić information content (AvgIpc) is 2.86. The molecule has 0 unspecified atom stereocenters. The van der Waals surface area contributed by atoms with Gasteiger partial charge in [0.2, 0.25) is 0 Å². The lowest BCUT2D eigenvalue weighted by atomic mass is 10.5. The molecule has 0 saturated heterocycles. The number of rotatable bonds is 5. The first-order chi connectivity index (χ1) is 6.91. The summed E-state index contributed by atoms with van der Waals surface area (Å²) >= 11 is 0. The molecule has 1 aliphatic rings. The molecule has 0 aromatic heterocycles. The molecule has 1 aliphatic carbocycles. The van der Waals surface area contributed by atoms with Gasteiger partial charge in [-0.05, 0) is 18.8 Å². The van der Waals surface area contributed by atoms with Gasteiger partial charge in [0.1, 0.15) is 0 Å². The predicted octanol–water partition coefficient (Wildman–Crippen LogP) is -0.312. The number of hydrogen-bond acceptors (Lipinski definition) is 3. The normalized spacial score (nSPS) is 17.9. The van der Waals surface area contributed by atoms with Gasteiger partial charge in [0.05, 0.1) is 18.1 Å².